The minimum absolute atomic E-state index is 0.104. The second-order valence-electron chi connectivity index (χ2n) is 7.77. The number of fused-ring (bicyclic) bond motifs is 1. The fourth-order valence-electron chi connectivity index (χ4n) is 3.87. The summed E-state index contributed by atoms with van der Waals surface area (Å²) in [6, 6.07) is 7.38. The fraction of sp³-hybridized carbons (Fsp3) is 0.348. The van der Waals surface area contributed by atoms with E-state index in [0.717, 1.165) is 35.4 Å². The number of carbonyl (C=O) groups excluding carboxylic acids is 2. The molecule has 2 aliphatic rings. The van der Waals surface area contributed by atoms with E-state index in [1.165, 1.54) is 12.1 Å². The average Bonchev–Trinajstić information content (AvgIpc) is 3.47. The van der Waals surface area contributed by atoms with Gasteiger partial charge in [0.15, 0.2) is 0 Å². The first-order valence-corrected chi connectivity index (χ1v) is 10.2. The lowest BCUT2D eigenvalue weighted by atomic mass is 9.94. The van der Waals surface area contributed by atoms with Gasteiger partial charge in [-0.3, -0.25) is 14.6 Å². The lowest BCUT2D eigenvalue weighted by Gasteiger charge is -2.33. The molecule has 1 aromatic heterocycles. The minimum Gasteiger partial charge on any atom is -0.344 e. The van der Waals surface area contributed by atoms with Gasteiger partial charge in [-0.1, -0.05) is 19.1 Å². The summed E-state index contributed by atoms with van der Waals surface area (Å²) < 4.78 is 13.4. The highest BCUT2D eigenvalue weighted by Gasteiger charge is 2.43. The Labute approximate surface area is 175 Å². The van der Waals surface area contributed by atoms with Gasteiger partial charge >= 0.3 is 0 Å². The Morgan fingerprint density at radius 3 is 2.70 bits per heavy atom. The maximum atomic E-state index is 13.4. The summed E-state index contributed by atoms with van der Waals surface area (Å²) in [4.78, 5) is 29.5. The van der Waals surface area contributed by atoms with Crippen LogP contribution in [0.15, 0.2) is 48.4 Å². The van der Waals surface area contributed by atoms with Gasteiger partial charge in [0, 0.05) is 42.5 Å². The highest BCUT2D eigenvalue weighted by atomic mass is 19.1. The highest BCUT2D eigenvalue weighted by Crippen LogP contribution is 2.38. The summed E-state index contributed by atoms with van der Waals surface area (Å²) in [5.41, 5.74) is 7.22. The van der Waals surface area contributed by atoms with Crippen molar-refractivity contribution in [1.82, 2.24) is 20.7 Å². The summed E-state index contributed by atoms with van der Waals surface area (Å²) in [5.74, 6) is -0.785. The lowest BCUT2D eigenvalue weighted by Crippen LogP contribution is -2.41. The second-order valence-corrected chi connectivity index (χ2v) is 7.77. The Morgan fingerprint density at radius 1 is 1.30 bits per heavy atom. The number of hydrogen-bond acceptors (Lipinski definition) is 5. The Morgan fingerprint density at radius 2 is 2.03 bits per heavy atom. The zero-order chi connectivity index (χ0) is 21.3. The summed E-state index contributed by atoms with van der Waals surface area (Å²) in [6.45, 7) is 5.43. The van der Waals surface area contributed by atoms with E-state index in [2.05, 4.69) is 22.7 Å². The fourth-order valence-corrected chi connectivity index (χ4v) is 3.87. The predicted molar refractivity (Wildman–Crippen MR) is 111 cm³/mol. The maximum absolute atomic E-state index is 13.4. The molecule has 156 valence electrons. The quantitative estimate of drug-likeness (QED) is 0.736. The van der Waals surface area contributed by atoms with Crippen molar-refractivity contribution in [3.8, 4) is 0 Å². The number of amides is 1. The Bertz CT molecular complexity index is 1000. The maximum Gasteiger partial charge on any atom is 0.254 e. The molecule has 1 fully saturated rings. The number of ketones is 1. The number of hydrazine groups is 1. The van der Waals surface area contributed by atoms with Crippen LogP contribution in [0.25, 0.3) is 5.57 Å². The van der Waals surface area contributed by atoms with Crippen LogP contribution in [0.1, 0.15) is 49.4 Å². The molecule has 0 spiro atoms. The monoisotopic (exact) mass is 408 g/mol. The van der Waals surface area contributed by atoms with E-state index in [9.17, 15) is 14.0 Å². The standard InChI is InChI=1S/C23H25FN4O2/c1-3-9-26-28-13-16-8-10-25-12-19(16)21(14(28)2)23(30)27-22(18-11-20(18)29)15-4-6-17(24)7-5-15/h4-8,10,12,18,22,26H,3,9,11,13H2,1-2H3,(H,27,30)/t18?,22-/m1/s1. The number of halogens is 1. The number of allylic oxidation sites excluding steroid dienone is 1. The van der Waals surface area contributed by atoms with Gasteiger partial charge in [0.05, 0.1) is 18.2 Å². The van der Waals surface area contributed by atoms with Gasteiger partial charge in [-0.2, -0.15) is 0 Å². The van der Waals surface area contributed by atoms with Crippen molar-refractivity contribution in [2.75, 3.05) is 6.54 Å². The first-order chi connectivity index (χ1) is 14.5. The van der Waals surface area contributed by atoms with Gasteiger partial charge in [0.2, 0.25) is 0 Å². The SMILES string of the molecule is CCCNN1Cc2ccncc2C(C(=O)N[C@H](c2ccc(F)cc2)C2CC2=O)=C1C. The molecule has 1 aliphatic carbocycles. The summed E-state index contributed by atoms with van der Waals surface area (Å²) >= 11 is 0. The van der Waals surface area contributed by atoms with Crippen LogP contribution in [0.2, 0.25) is 0 Å². The van der Waals surface area contributed by atoms with Crippen LogP contribution in [-0.2, 0) is 16.1 Å². The number of nitrogens with zero attached hydrogens (tertiary/aromatic N) is 2. The summed E-state index contributed by atoms with van der Waals surface area (Å²) in [6.07, 6.45) is 4.81. The molecule has 2 aromatic rings. The van der Waals surface area contributed by atoms with Gasteiger partial charge < -0.3 is 10.3 Å². The van der Waals surface area contributed by atoms with Crippen molar-refractivity contribution in [1.29, 1.82) is 0 Å². The number of nitrogens with one attached hydrogen (secondary N) is 2. The first kappa shape index (κ1) is 20.2. The molecule has 6 nitrogen and oxygen atoms in total. The van der Waals surface area contributed by atoms with Crippen LogP contribution in [0.5, 0.6) is 0 Å². The van der Waals surface area contributed by atoms with E-state index in [-0.39, 0.29) is 23.4 Å². The van der Waals surface area contributed by atoms with Crippen LogP contribution in [0.3, 0.4) is 0 Å². The molecule has 0 bridgehead atoms. The number of aromatic nitrogens is 1. The van der Waals surface area contributed by atoms with Crippen molar-refractivity contribution in [2.45, 2.75) is 39.3 Å². The molecule has 1 amide bonds. The van der Waals surface area contributed by atoms with Crippen LogP contribution in [0.4, 0.5) is 4.39 Å². The minimum atomic E-state index is -0.481. The summed E-state index contributed by atoms with van der Waals surface area (Å²) in [7, 11) is 0. The molecular weight excluding hydrogens is 383 g/mol. The number of pyridine rings is 1. The number of hydrogen-bond donors (Lipinski definition) is 2. The van der Waals surface area contributed by atoms with Crippen LogP contribution < -0.4 is 10.7 Å². The molecule has 1 unspecified atom stereocenters. The van der Waals surface area contributed by atoms with Crippen LogP contribution >= 0.6 is 0 Å². The van der Waals surface area contributed by atoms with Crippen molar-refractivity contribution >= 4 is 17.3 Å². The van der Waals surface area contributed by atoms with E-state index in [1.54, 1.807) is 24.5 Å². The van der Waals surface area contributed by atoms with Gasteiger partial charge in [0.25, 0.3) is 5.91 Å². The molecule has 2 atom stereocenters. The Balaban J connectivity index is 1.66. The van der Waals surface area contributed by atoms with E-state index < -0.39 is 6.04 Å². The van der Waals surface area contributed by atoms with E-state index >= 15 is 0 Å². The smallest absolute Gasteiger partial charge is 0.254 e. The number of benzene rings is 1. The van der Waals surface area contributed by atoms with Crippen LogP contribution in [-0.4, -0.2) is 28.2 Å². The average molecular weight is 408 g/mol. The third kappa shape index (κ3) is 3.98. The van der Waals surface area contributed by atoms with Crippen molar-refractivity contribution in [2.24, 2.45) is 5.92 Å². The third-order valence-electron chi connectivity index (χ3n) is 5.65. The topological polar surface area (TPSA) is 74.3 Å². The van der Waals surface area contributed by atoms with Crippen molar-refractivity contribution in [3.63, 3.8) is 0 Å². The molecule has 1 aliphatic heterocycles. The van der Waals surface area contributed by atoms with Gasteiger partial charge in [-0.15, -0.1) is 0 Å². The molecule has 7 heteroatoms. The number of Topliss-reactive ketones (excluding diaryl/α,β-unsaturated/α-hetero) is 1. The van der Waals surface area contributed by atoms with Gasteiger partial charge in [0.1, 0.15) is 11.6 Å². The number of carbonyl (C=O) groups is 2. The van der Waals surface area contributed by atoms with E-state index in [4.69, 9.17) is 0 Å². The van der Waals surface area contributed by atoms with Crippen LogP contribution in [0, 0.1) is 11.7 Å². The van der Waals surface area contributed by atoms with Crippen molar-refractivity contribution < 1.29 is 14.0 Å². The van der Waals surface area contributed by atoms with Gasteiger partial charge in [-0.25, -0.2) is 9.82 Å². The lowest BCUT2D eigenvalue weighted by molar-refractivity contribution is -0.116. The molecule has 2 heterocycles. The zero-order valence-electron chi connectivity index (χ0n) is 17.1. The predicted octanol–water partition coefficient (Wildman–Crippen LogP) is 3.13. The second kappa shape index (κ2) is 8.36. The molecule has 0 saturated heterocycles. The first-order valence-electron chi connectivity index (χ1n) is 10.2. The van der Waals surface area contributed by atoms with Gasteiger partial charge in [-0.05, 0) is 42.7 Å². The van der Waals surface area contributed by atoms with E-state index in [1.807, 2.05) is 18.0 Å². The normalized spacial score (nSPS) is 18.8. The third-order valence-corrected chi connectivity index (χ3v) is 5.65. The molecule has 0 radical (unpaired) electrons. The molecule has 1 aromatic carbocycles. The highest BCUT2D eigenvalue weighted by molar-refractivity contribution is 6.21. The molecular formula is C23H25FN4O2. The Hall–Kier alpha value is -3.06. The zero-order valence-corrected chi connectivity index (χ0v) is 17.1. The molecule has 4 rings (SSSR count). The summed E-state index contributed by atoms with van der Waals surface area (Å²) in [5, 5.41) is 5.02. The largest absolute Gasteiger partial charge is 0.344 e. The molecule has 1 saturated carbocycles. The molecule has 2 N–H and O–H groups in total. The molecule has 30 heavy (non-hydrogen) atoms. The van der Waals surface area contributed by atoms with E-state index in [0.29, 0.717) is 18.5 Å². The number of rotatable bonds is 7. The Kier molecular flexibility index (Phi) is 5.63. The van der Waals surface area contributed by atoms with Crippen molar-refractivity contribution in [3.05, 3.63) is 70.9 Å².